The lowest BCUT2D eigenvalue weighted by Gasteiger charge is -2.12. The summed E-state index contributed by atoms with van der Waals surface area (Å²) in [5, 5.41) is 4.64. The number of ether oxygens (including phenoxy) is 2. The molecular formula is C16H21BrN2O5. The number of aryl methyl sites for hydroxylation is 1. The Balaban J connectivity index is 2.30. The van der Waals surface area contributed by atoms with E-state index in [1.54, 1.807) is 6.07 Å². The fourth-order valence-corrected chi connectivity index (χ4v) is 2.18. The van der Waals surface area contributed by atoms with Crippen LogP contribution in [-0.4, -0.2) is 37.2 Å². The van der Waals surface area contributed by atoms with Crippen LogP contribution in [0.15, 0.2) is 22.7 Å². The van der Waals surface area contributed by atoms with E-state index in [1.807, 2.05) is 32.9 Å². The Labute approximate surface area is 149 Å². The highest BCUT2D eigenvalue weighted by molar-refractivity contribution is 9.10. The Bertz CT molecular complexity index is 606. The molecule has 0 saturated heterocycles. The average molecular weight is 401 g/mol. The normalized spacial score (nSPS) is 11.3. The fourth-order valence-electron chi connectivity index (χ4n) is 1.57. The predicted molar refractivity (Wildman–Crippen MR) is 91.8 cm³/mol. The van der Waals surface area contributed by atoms with Crippen molar-refractivity contribution < 1.29 is 23.9 Å². The number of nitrogens with one attached hydrogen (secondary N) is 2. The van der Waals surface area contributed by atoms with Crippen LogP contribution >= 0.6 is 15.9 Å². The van der Waals surface area contributed by atoms with Crippen molar-refractivity contribution in [2.75, 3.05) is 13.2 Å². The second kappa shape index (κ2) is 9.92. The third kappa shape index (κ3) is 7.45. The minimum atomic E-state index is -0.708. The number of amides is 3. The molecule has 132 valence electrons. The lowest BCUT2D eigenvalue weighted by molar-refractivity contribution is -0.150. The molecule has 24 heavy (non-hydrogen) atoms. The highest BCUT2D eigenvalue weighted by Crippen LogP contribution is 2.25. The quantitative estimate of drug-likeness (QED) is 0.684. The molecule has 0 saturated carbocycles. The van der Waals surface area contributed by atoms with E-state index in [4.69, 9.17) is 9.47 Å². The topological polar surface area (TPSA) is 93.7 Å². The van der Waals surface area contributed by atoms with E-state index in [-0.39, 0.29) is 12.6 Å². The van der Waals surface area contributed by atoms with Gasteiger partial charge < -0.3 is 14.8 Å². The van der Waals surface area contributed by atoms with Crippen LogP contribution in [0.2, 0.25) is 0 Å². The monoisotopic (exact) mass is 400 g/mol. The van der Waals surface area contributed by atoms with Gasteiger partial charge in [0.25, 0.3) is 5.91 Å². The van der Waals surface area contributed by atoms with Gasteiger partial charge in [0, 0.05) is 6.04 Å². The fraction of sp³-hybridized carbons (Fsp3) is 0.438. The Morgan fingerprint density at radius 1 is 1.25 bits per heavy atom. The average Bonchev–Trinajstić information content (AvgIpc) is 2.51. The van der Waals surface area contributed by atoms with E-state index in [9.17, 15) is 14.4 Å². The third-order valence-electron chi connectivity index (χ3n) is 3.04. The van der Waals surface area contributed by atoms with E-state index in [2.05, 4.69) is 26.6 Å². The first kappa shape index (κ1) is 20.0. The molecule has 1 atom stereocenters. The van der Waals surface area contributed by atoms with Gasteiger partial charge in [0.15, 0.2) is 13.2 Å². The Morgan fingerprint density at radius 2 is 1.96 bits per heavy atom. The molecule has 0 aliphatic heterocycles. The number of carbonyl (C=O) groups is 3. The van der Waals surface area contributed by atoms with Gasteiger partial charge in [0.2, 0.25) is 0 Å². The van der Waals surface area contributed by atoms with Crippen molar-refractivity contribution in [3.8, 4) is 5.75 Å². The van der Waals surface area contributed by atoms with Gasteiger partial charge in [-0.3, -0.25) is 10.1 Å². The Hall–Kier alpha value is -2.09. The van der Waals surface area contributed by atoms with E-state index in [0.717, 1.165) is 16.5 Å². The van der Waals surface area contributed by atoms with E-state index < -0.39 is 24.5 Å². The summed E-state index contributed by atoms with van der Waals surface area (Å²) in [7, 11) is 0. The molecule has 0 bridgehead atoms. The number of carbonyl (C=O) groups excluding carboxylic acids is 3. The second-order valence-electron chi connectivity index (χ2n) is 5.21. The first-order valence-electron chi connectivity index (χ1n) is 7.46. The Kier molecular flexibility index (Phi) is 8.25. The van der Waals surface area contributed by atoms with Gasteiger partial charge in [0.1, 0.15) is 5.75 Å². The summed E-state index contributed by atoms with van der Waals surface area (Å²) in [6, 6.07) is 4.74. The van der Waals surface area contributed by atoms with Gasteiger partial charge >= 0.3 is 12.0 Å². The van der Waals surface area contributed by atoms with E-state index >= 15 is 0 Å². The second-order valence-corrected chi connectivity index (χ2v) is 6.07. The SMILES string of the molecule is CC[C@H](C)NC(=O)NC(=O)COC(=O)COc1ccc(C)cc1Br. The van der Waals surface area contributed by atoms with Gasteiger partial charge in [-0.05, 0) is 53.9 Å². The molecule has 1 aromatic rings. The van der Waals surface area contributed by atoms with Gasteiger partial charge in [0.05, 0.1) is 4.47 Å². The molecule has 7 nitrogen and oxygen atoms in total. The number of halogens is 1. The van der Waals surface area contributed by atoms with E-state index in [1.165, 1.54) is 0 Å². The Morgan fingerprint density at radius 3 is 2.58 bits per heavy atom. The maximum absolute atomic E-state index is 11.6. The predicted octanol–water partition coefficient (Wildman–Crippen LogP) is 2.30. The van der Waals surface area contributed by atoms with Crippen molar-refractivity contribution in [3.05, 3.63) is 28.2 Å². The summed E-state index contributed by atoms with van der Waals surface area (Å²) in [6.07, 6.45) is 0.739. The summed E-state index contributed by atoms with van der Waals surface area (Å²) in [4.78, 5) is 34.5. The number of hydrogen-bond acceptors (Lipinski definition) is 5. The van der Waals surface area contributed by atoms with Crippen molar-refractivity contribution in [3.63, 3.8) is 0 Å². The molecule has 8 heteroatoms. The number of esters is 1. The number of urea groups is 1. The smallest absolute Gasteiger partial charge is 0.344 e. The minimum absolute atomic E-state index is 0.0540. The molecule has 0 aromatic heterocycles. The summed E-state index contributed by atoms with van der Waals surface area (Å²) < 4.78 is 10.8. The molecule has 0 fully saturated rings. The lowest BCUT2D eigenvalue weighted by atomic mass is 10.2. The molecule has 0 aliphatic carbocycles. The zero-order valence-corrected chi connectivity index (χ0v) is 15.4. The van der Waals surface area contributed by atoms with Crippen LogP contribution in [0.25, 0.3) is 0 Å². The lowest BCUT2D eigenvalue weighted by Crippen LogP contribution is -2.44. The molecule has 2 N–H and O–H groups in total. The van der Waals surface area contributed by atoms with Crippen LogP contribution in [-0.2, 0) is 14.3 Å². The van der Waals surface area contributed by atoms with E-state index in [0.29, 0.717) is 5.75 Å². The van der Waals surface area contributed by atoms with Crippen molar-refractivity contribution in [2.45, 2.75) is 33.2 Å². The summed E-state index contributed by atoms with van der Waals surface area (Å²) >= 11 is 3.33. The van der Waals surface area contributed by atoms with Crippen molar-refractivity contribution in [1.29, 1.82) is 0 Å². The number of imide groups is 1. The molecular weight excluding hydrogens is 380 g/mol. The van der Waals surface area contributed by atoms with Crippen molar-refractivity contribution in [2.24, 2.45) is 0 Å². The zero-order chi connectivity index (χ0) is 18.1. The standard InChI is InChI=1S/C16H21BrN2O5/c1-4-11(3)18-16(22)19-14(20)8-24-15(21)9-23-13-6-5-10(2)7-12(13)17/h5-7,11H,4,8-9H2,1-3H3,(H2,18,19,20,22)/t11-/m0/s1. The van der Waals surface area contributed by atoms with Crippen LogP contribution in [0.5, 0.6) is 5.75 Å². The van der Waals surface area contributed by atoms with Gasteiger partial charge in [-0.2, -0.15) is 0 Å². The molecule has 0 spiro atoms. The molecule has 0 radical (unpaired) electrons. The van der Waals surface area contributed by atoms with Crippen molar-refractivity contribution >= 4 is 33.8 Å². The van der Waals surface area contributed by atoms with Crippen LogP contribution in [0, 0.1) is 6.92 Å². The van der Waals surface area contributed by atoms with Crippen LogP contribution in [0.1, 0.15) is 25.8 Å². The largest absolute Gasteiger partial charge is 0.481 e. The molecule has 3 amide bonds. The van der Waals surface area contributed by atoms with Gasteiger partial charge in [-0.25, -0.2) is 9.59 Å². The molecule has 0 unspecified atom stereocenters. The number of hydrogen-bond donors (Lipinski definition) is 2. The highest BCUT2D eigenvalue weighted by Gasteiger charge is 2.13. The maximum Gasteiger partial charge on any atom is 0.344 e. The number of benzene rings is 1. The minimum Gasteiger partial charge on any atom is -0.481 e. The molecule has 0 aliphatic rings. The van der Waals surface area contributed by atoms with Crippen molar-refractivity contribution in [1.82, 2.24) is 10.6 Å². The zero-order valence-electron chi connectivity index (χ0n) is 13.8. The highest BCUT2D eigenvalue weighted by atomic mass is 79.9. The third-order valence-corrected chi connectivity index (χ3v) is 3.66. The molecule has 1 rings (SSSR count). The molecule has 0 heterocycles. The van der Waals surface area contributed by atoms with Crippen LogP contribution in [0.4, 0.5) is 4.79 Å². The summed E-state index contributed by atoms with van der Waals surface area (Å²) in [5.74, 6) is -0.921. The maximum atomic E-state index is 11.6. The number of rotatable bonds is 7. The van der Waals surface area contributed by atoms with Gasteiger partial charge in [-0.15, -0.1) is 0 Å². The van der Waals surface area contributed by atoms with Crippen LogP contribution in [0.3, 0.4) is 0 Å². The van der Waals surface area contributed by atoms with Crippen LogP contribution < -0.4 is 15.4 Å². The first-order valence-corrected chi connectivity index (χ1v) is 8.26. The van der Waals surface area contributed by atoms with Gasteiger partial charge in [-0.1, -0.05) is 13.0 Å². The first-order chi connectivity index (χ1) is 11.3. The molecule has 1 aromatic carbocycles. The summed E-state index contributed by atoms with van der Waals surface area (Å²) in [5.41, 5.74) is 1.05. The summed E-state index contributed by atoms with van der Waals surface area (Å²) in [6.45, 7) is 4.75.